The molecule has 88 valence electrons. The molecule has 0 spiro atoms. The van der Waals surface area contributed by atoms with Crippen molar-refractivity contribution in [1.29, 1.82) is 0 Å². The van der Waals surface area contributed by atoms with Gasteiger partial charge in [0.2, 0.25) is 0 Å². The quantitative estimate of drug-likeness (QED) is 0.878. The van der Waals surface area contributed by atoms with Crippen LogP contribution >= 0.6 is 0 Å². The lowest BCUT2D eigenvalue weighted by molar-refractivity contribution is -0.138. The minimum absolute atomic E-state index is 0.0172. The molecule has 0 bridgehead atoms. The third-order valence-corrected chi connectivity index (χ3v) is 2.40. The molecule has 0 aliphatic rings. The molecular weight excluding hydrogens is 218 g/mol. The van der Waals surface area contributed by atoms with Crippen molar-refractivity contribution >= 4 is 16.9 Å². The van der Waals surface area contributed by atoms with Gasteiger partial charge < -0.3 is 9.84 Å². The Kier molecular flexibility index (Phi) is 3.23. The summed E-state index contributed by atoms with van der Waals surface area (Å²) >= 11 is 0. The third kappa shape index (κ3) is 2.72. The maximum absolute atomic E-state index is 10.6. The van der Waals surface area contributed by atoms with E-state index in [9.17, 15) is 4.79 Å². The summed E-state index contributed by atoms with van der Waals surface area (Å²) in [6, 6.07) is 9.30. The van der Waals surface area contributed by atoms with Crippen LogP contribution < -0.4 is 4.74 Å². The van der Waals surface area contributed by atoms with Crippen LogP contribution in [0, 0.1) is 0 Å². The molecule has 2 rings (SSSR count). The molecule has 0 radical (unpaired) electrons. The SMILES string of the molecule is C[C@H](CC(=O)O)Oc1cccc2ncccc12. The number of hydrogen-bond donors (Lipinski definition) is 1. The molecule has 1 N–H and O–H groups in total. The number of aliphatic carboxylic acids is 1. The summed E-state index contributed by atoms with van der Waals surface area (Å²) in [6.45, 7) is 1.74. The fourth-order valence-corrected chi connectivity index (χ4v) is 1.68. The van der Waals surface area contributed by atoms with Gasteiger partial charge in [-0.3, -0.25) is 9.78 Å². The molecule has 0 saturated heterocycles. The molecule has 1 atom stereocenters. The zero-order chi connectivity index (χ0) is 12.3. The minimum atomic E-state index is -0.865. The number of aromatic nitrogens is 1. The molecule has 1 aromatic heterocycles. The van der Waals surface area contributed by atoms with E-state index < -0.39 is 5.97 Å². The third-order valence-electron chi connectivity index (χ3n) is 2.40. The van der Waals surface area contributed by atoms with E-state index in [2.05, 4.69) is 4.98 Å². The van der Waals surface area contributed by atoms with Gasteiger partial charge in [-0.25, -0.2) is 0 Å². The first-order valence-corrected chi connectivity index (χ1v) is 5.39. The first kappa shape index (κ1) is 11.4. The maximum Gasteiger partial charge on any atom is 0.307 e. The van der Waals surface area contributed by atoms with E-state index in [1.165, 1.54) is 0 Å². The smallest absolute Gasteiger partial charge is 0.307 e. The fourth-order valence-electron chi connectivity index (χ4n) is 1.68. The van der Waals surface area contributed by atoms with Crippen LogP contribution in [0.2, 0.25) is 0 Å². The van der Waals surface area contributed by atoms with E-state index in [4.69, 9.17) is 9.84 Å². The Morgan fingerprint density at radius 3 is 3.00 bits per heavy atom. The van der Waals surface area contributed by atoms with Crippen molar-refractivity contribution in [3.63, 3.8) is 0 Å². The summed E-state index contributed by atoms with van der Waals surface area (Å²) in [5.41, 5.74) is 0.840. The van der Waals surface area contributed by atoms with Gasteiger partial charge in [0.25, 0.3) is 0 Å². The lowest BCUT2D eigenvalue weighted by Gasteiger charge is -2.14. The van der Waals surface area contributed by atoms with Crippen molar-refractivity contribution in [2.24, 2.45) is 0 Å². The van der Waals surface area contributed by atoms with Crippen LogP contribution in [0.1, 0.15) is 13.3 Å². The summed E-state index contributed by atoms with van der Waals surface area (Å²) in [5, 5.41) is 9.58. The van der Waals surface area contributed by atoms with Crippen molar-refractivity contribution in [2.75, 3.05) is 0 Å². The molecule has 0 saturated carbocycles. The van der Waals surface area contributed by atoms with Crippen LogP contribution in [-0.4, -0.2) is 22.2 Å². The van der Waals surface area contributed by atoms with Crippen LogP contribution in [0.15, 0.2) is 36.5 Å². The minimum Gasteiger partial charge on any atom is -0.489 e. The lowest BCUT2D eigenvalue weighted by Crippen LogP contribution is -2.16. The Hall–Kier alpha value is -2.10. The number of nitrogens with zero attached hydrogens (tertiary/aromatic N) is 1. The van der Waals surface area contributed by atoms with Crippen molar-refractivity contribution < 1.29 is 14.6 Å². The number of carboxylic acids is 1. The molecular formula is C13H13NO3. The second-order valence-electron chi connectivity index (χ2n) is 3.85. The highest BCUT2D eigenvalue weighted by Gasteiger charge is 2.10. The predicted molar refractivity (Wildman–Crippen MR) is 64.1 cm³/mol. The van der Waals surface area contributed by atoms with Gasteiger partial charge in [0.1, 0.15) is 11.9 Å². The van der Waals surface area contributed by atoms with E-state index in [-0.39, 0.29) is 12.5 Å². The number of carbonyl (C=O) groups is 1. The van der Waals surface area contributed by atoms with Gasteiger partial charge in [-0.1, -0.05) is 6.07 Å². The lowest BCUT2D eigenvalue weighted by atomic mass is 10.2. The number of benzene rings is 1. The fraction of sp³-hybridized carbons (Fsp3) is 0.231. The Balaban J connectivity index is 2.26. The van der Waals surface area contributed by atoms with Gasteiger partial charge in [-0.2, -0.15) is 0 Å². The zero-order valence-corrected chi connectivity index (χ0v) is 9.46. The van der Waals surface area contributed by atoms with E-state index >= 15 is 0 Å². The van der Waals surface area contributed by atoms with E-state index in [0.717, 1.165) is 10.9 Å². The number of rotatable bonds is 4. The van der Waals surface area contributed by atoms with Crippen LogP contribution in [-0.2, 0) is 4.79 Å². The topological polar surface area (TPSA) is 59.4 Å². The Labute approximate surface area is 98.9 Å². The van der Waals surface area contributed by atoms with Crippen molar-refractivity contribution in [3.05, 3.63) is 36.5 Å². The monoisotopic (exact) mass is 231 g/mol. The molecule has 4 nitrogen and oxygen atoms in total. The summed E-state index contributed by atoms with van der Waals surface area (Å²) in [7, 11) is 0. The Morgan fingerprint density at radius 2 is 2.24 bits per heavy atom. The Morgan fingerprint density at radius 1 is 1.41 bits per heavy atom. The average Bonchev–Trinajstić information content (AvgIpc) is 2.28. The normalized spacial score (nSPS) is 12.3. The van der Waals surface area contributed by atoms with E-state index in [1.54, 1.807) is 13.1 Å². The molecule has 0 amide bonds. The standard InChI is InChI=1S/C13H13NO3/c1-9(8-13(15)16)17-12-6-2-5-11-10(12)4-3-7-14-11/h2-7,9H,8H2,1H3,(H,15,16)/t9-/m1/s1. The van der Waals surface area contributed by atoms with Gasteiger partial charge in [0.05, 0.1) is 11.9 Å². The number of pyridine rings is 1. The summed E-state index contributed by atoms with van der Waals surface area (Å²) in [5.74, 6) is -0.194. The van der Waals surface area contributed by atoms with Crippen LogP contribution in [0.4, 0.5) is 0 Å². The number of fused-ring (bicyclic) bond motifs is 1. The van der Waals surface area contributed by atoms with Crippen molar-refractivity contribution in [1.82, 2.24) is 4.98 Å². The van der Waals surface area contributed by atoms with E-state index in [1.807, 2.05) is 30.3 Å². The Bertz CT molecular complexity index is 534. The summed E-state index contributed by atoms with van der Waals surface area (Å²) in [6.07, 6.45) is 1.34. The first-order valence-electron chi connectivity index (χ1n) is 5.39. The molecule has 0 fully saturated rings. The zero-order valence-electron chi connectivity index (χ0n) is 9.46. The van der Waals surface area contributed by atoms with Gasteiger partial charge in [-0.15, -0.1) is 0 Å². The van der Waals surface area contributed by atoms with Crippen molar-refractivity contribution in [3.8, 4) is 5.75 Å². The molecule has 0 unspecified atom stereocenters. The van der Waals surface area contributed by atoms with Gasteiger partial charge in [0.15, 0.2) is 0 Å². The van der Waals surface area contributed by atoms with Gasteiger partial charge >= 0.3 is 5.97 Å². The molecule has 2 aromatic rings. The van der Waals surface area contributed by atoms with Crippen molar-refractivity contribution in [2.45, 2.75) is 19.4 Å². The molecule has 17 heavy (non-hydrogen) atoms. The van der Waals surface area contributed by atoms with Gasteiger partial charge in [0, 0.05) is 11.6 Å². The molecule has 4 heteroatoms. The summed E-state index contributed by atoms with van der Waals surface area (Å²) < 4.78 is 5.62. The van der Waals surface area contributed by atoms with Crippen LogP contribution in [0.5, 0.6) is 5.75 Å². The summed E-state index contributed by atoms with van der Waals surface area (Å²) in [4.78, 5) is 14.8. The molecule has 1 aromatic carbocycles. The molecule has 0 aliphatic carbocycles. The first-order chi connectivity index (χ1) is 8.16. The van der Waals surface area contributed by atoms with Crippen LogP contribution in [0.3, 0.4) is 0 Å². The predicted octanol–water partition coefficient (Wildman–Crippen LogP) is 2.48. The number of carboxylic acid groups (broad SMARTS) is 1. The number of hydrogen-bond acceptors (Lipinski definition) is 3. The molecule has 0 aliphatic heterocycles. The highest BCUT2D eigenvalue weighted by Crippen LogP contribution is 2.24. The maximum atomic E-state index is 10.6. The highest BCUT2D eigenvalue weighted by atomic mass is 16.5. The second kappa shape index (κ2) is 4.82. The number of ether oxygens (including phenoxy) is 1. The van der Waals surface area contributed by atoms with Gasteiger partial charge in [-0.05, 0) is 31.2 Å². The second-order valence-corrected chi connectivity index (χ2v) is 3.85. The highest BCUT2D eigenvalue weighted by molar-refractivity contribution is 5.84. The largest absolute Gasteiger partial charge is 0.489 e. The molecule has 1 heterocycles. The average molecular weight is 231 g/mol. The van der Waals surface area contributed by atoms with E-state index in [0.29, 0.717) is 5.75 Å². The van der Waals surface area contributed by atoms with Crippen LogP contribution in [0.25, 0.3) is 10.9 Å².